The van der Waals surface area contributed by atoms with Crippen molar-refractivity contribution < 1.29 is 13.2 Å². The summed E-state index contributed by atoms with van der Waals surface area (Å²) < 4.78 is 26.8. The molecule has 0 atom stereocenters. The Balaban J connectivity index is 1.32. The standard InChI is InChI=1S/C22H29N3O3S/c26-22(13-7-10-20-8-3-1-4-9-20)23-14-15-24-16-18-25(19-17-24)29(27,28)21-11-5-2-6-12-21/h1-6,8-9,11-12H,7,10,13-19H2,(H,23,26). The normalized spacial score (nSPS) is 15.9. The number of rotatable bonds is 9. The van der Waals surface area contributed by atoms with Crippen LogP contribution < -0.4 is 5.32 Å². The largest absolute Gasteiger partial charge is 0.355 e. The highest BCUT2D eigenvalue weighted by Gasteiger charge is 2.28. The molecule has 0 bridgehead atoms. The van der Waals surface area contributed by atoms with Gasteiger partial charge in [0.2, 0.25) is 15.9 Å². The zero-order valence-corrected chi connectivity index (χ0v) is 17.5. The van der Waals surface area contributed by atoms with Gasteiger partial charge in [0.15, 0.2) is 0 Å². The minimum atomic E-state index is -3.42. The van der Waals surface area contributed by atoms with Gasteiger partial charge in [-0.3, -0.25) is 9.69 Å². The molecular formula is C22H29N3O3S. The molecular weight excluding hydrogens is 386 g/mol. The third kappa shape index (κ3) is 6.39. The molecule has 0 radical (unpaired) electrons. The van der Waals surface area contributed by atoms with Gasteiger partial charge in [0.05, 0.1) is 4.90 Å². The first-order chi connectivity index (χ1) is 14.1. The molecule has 156 valence electrons. The molecule has 1 fully saturated rings. The van der Waals surface area contributed by atoms with Crippen LogP contribution in [-0.2, 0) is 21.2 Å². The van der Waals surface area contributed by atoms with E-state index < -0.39 is 10.0 Å². The molecule has 2 aromatic carbocycles. The average Bonchev–Trinajstić information content (AvgIpc) is 2.75. The minimum absolute atomic E-state index is 0.0752. The molecule has 0 aliphatic carbocycles. The SMILES string of the molecule is O=C(CCCc1ccccc1)NCCN1CCN(S(=O)(=O)c2ccccc2)CC1. The number of sulfonamides is 1. The molecule has 1 amide bonds. The van der Waals surface area contributed by atoms with Gasteiger partial charge < -0.3 is 5.32 Å². The minimum Gasteiger partial charge on any atom is -0.355 e. The van der Waals surface area contributed by atoms with Gasteiger partial charge in [-0.15, -0.1) is 0 Å². The van der Waals surface area contributed by atoms with Gasteiger partial charge in [-0.1, -0.05) is 48.5 Å². The number of carbonyl (C=O) groups excluding carboxylic acids is 1. The van der Waals surface area contributed by atoms with E-state index in [0.717, 1.165) is 19.4 Å². The van der Waals surface area contributed by atoms with Gasteiger partial charge in [-0.25, -0.2) is 8.42 Å². The zero-order valence-electron chi connectivity index (χ0n) is 16.7. The first-order valence-corrected chi connectivity index (χ1v) is 11.6. The number of hydrogen-bond acceptors (Lipinski definition) is 4. The molecule has 29 heavy (non-hydrogen) atoms. The lowest BCUT2D eigenvalue weighted by molar-refractivity contribution is -0.121. The fraction of sp³-hybridized carbons (Fsp3) is 0.409. The molecule has 1 N–H and O–H groups in total. The van der Waals surface area contributed by atoms with Gasteiger partial charge in [0.1, 0.15) is 0 Å². The lowest BCUT2D eigenvalue weighted by Crippen LogP contribution is -2.50. The molecule has 2 aromatic rings. The molecule has 6 nitrogen and oxygen atoms in total. The molecule has 1 aliphatic heterocycles. The van der Waals surface area contributed by atoms with Crippen LogP contribution in [0.3, 0.4) is 0 Å². The summed E-state index contributed by atoms with van der Waals surface area (Å²) in [7, 11) is -3.42. The Morgan fingerprint density at radius 2 is 1.52 bits per heavy atom. The number of nitrogens with one attached hydrogen (secondary N) is 1. The maximum atomic E-state index is 12.7. The second kappa shape index (κ2) is 10.5. The average molecular weight is 416 g/mol. The summed E-state index contributed by atoms with van der Waals surface area (Å²) in [6, 6.07) is 18.7. The van der Waals surface area contributed by atoms with Crippen molar-refractivity contribution in [3.8, 4) is 0 Å². The van der Waals surface area contributed by atoms with Crippen LogP contribution in [0.1, 0.15) is 18.4 Å². The molecule has 7 heteroatoms. The summed E-state index contributed by atoms with van der Waals surface area (Å²) in [5.74, 6) is 0.0752. The molecule has 1 aliphatic rings. The molecule has 0 spiro atoms. The van der Waals surface area contributed by atoms with Crippen molar-refractivity contribution in [2.75, 3.05) is 39.3 Å². The summed E-state index contributed by atoms with van der Waals surface area (Å²) in [6.07, 6.45) is 2.27. The van der Waals surface area contributed by atoms with Crippen LogP contribution in [-0.4, -0.2) is 62.8 Å². The van der Waals surface area contributed by atoms with Crippen molar-refractivity contribution in [1.29, 1.82) is 0 Å². The highest BCUT2D eigenvalue weighted by Crippen LogP contribution is 2.17. The lowest BCUT2D eigenvalue weighted by atomic mass is 10.1. The third-order valence-corrected chi connectivity index (χ3v) is 7.09. The Kier molecular flexibility index (Phi) is 7.80. The van der Waals surface area contributed by atoms with Crippen molar-refractivity contribution in [3.05, 3.63) is 66.2 Å². The quantitative estimate of drug-likeness (QED) is 0.681. The molecule has 1 saturated heterocycles. The van der Waals surface area contributed by atoms with E-state index in [1.165, 1.54) is 5.56 Å². The van der Waals surface area contributed by atoms with Crippen LogP contribution in [0.25, 0.3) is 0 Å². The number of piperazine rings is 1. The number of hydrogen-bond donors (Lipinski definition) is 1. The predicted molar refractivity (Wildman–Crippen MR) is 114 cm³/mol. The summed E-state index contributed by atoms with van der Waals surface area (Å²) >= 11 is 0. The second-order valence-electron chi connectivity index (χ2n) is 7.25. The van der Waals surface area contributed by atoms with Crippen molar-refractivity contribution in [2.24, 2.45) is 0 Å². The van der Waals surface area contributed by atoms with Crippen LogP contribution in [0.2, 0.25) is 0 Å². The number of amides is 1. The molecule has 1 heterocycles. The van der Waals surface area contributed by atoms with Crippen LogP contribution in [0.15, 0.2) is 65.6 Å². The molecule has 0 aromatic heterocycles. The topological polar surface area (TPSA) is 69.7 Å². The second-order valence-corrected chi connectivity index (χ2v) is 9.19. The number of nitrogens with zero attached hydrogens (tertiary/aromatic N) is 2. The van der Waals surface area contributed by atoms with E-state index in [9.17, 15) is 13.2 Å². The summed E-state index contributed by atoms with van der Waals surface area (Å²) in [5, 5.41) is 2.97. The highest BCUT2D eigenvalue weighted by molar-refractivity contribution is 7.89. The molecule has 0 saturated carbocycles. The van der Waals surface area contributed by atoms with Gasteiger partial charge in [0, 0.05) is 45.7 Å². The van der Waals surface area contributed by atoms with Crippen LogP contribution in [0.4, 0.5) is 0 Å². The smallest absolute Gasteiger partial charge is 0.243 e. The van der Waals surface area contributed by atoms with E-state index in [1.807, 2.05) is 24.3 Å². The van der Waals surface area contributed by atoms with Crippen molar-refractivity contribution in [1.82, 2.24) is 14.5 Å². The predicted octanol–water partition coefficient (Wildman–Crippen LogP) is 2.13. The van der Waals surface area contributed by atoms with E-state index in [4.69, 9.17) is 0 Å². The number of carbonyl (C=O) groups is 1. The van der Waals surface area contributed by atoms with Crippen molar-refractivity contribution >= 4 is 15.9 Å². The summed E-state index contributed by atoms with van der Waals surface area (Å²) in [5.41, 5.74) is 1.25. The van der Waals surface area contributed by atoms with Gasteiger partial charge in [0.25, 0.3) is 0 Å². The fourth-order valence-corrected chi connectivity index (χ4v) is 4.92. The van der Waals surface area contributed by atoms with E-state index in [-0.39, 0.29) is 5.91 Å². The maximum absolute atomic E-state index is 12.7. The van der Waals surface area contributed by atoms with E-state index in [1.54, 1.807) is 28.6 Å². The van der Waals surface area contributed by atoms with E-state index in [0.29, 0.717) is 44.0 Å². The molecule has 3 rings (SSSR count). The van der Waals surface area contributed by atoms with E-state index in [2.05, 4.69) is 22.3 Å². The molecule has 0 unspecified atom stereocenters. The van der Waals surface area contributed by atoms with Crippen LogP contribution in [0.5, 0.6) is 0 Å². The maximum Gasteiger partial charge on any atom is 0.243 e. The Bertz CT molecular complexity index is 865. The monoisotopic (exact) mass is 415 g/mol. The Morgan fingerprint density at radius 1 is 0.897 bits per heavy atom. The first kappa shape index (κ1) is 21.5. The zero-order chi connectivity index (χ0) is 20.5. The lowest BCUT2D eigenvalue weighted by Gasteiger charge is -2.33. The Hall–Kier alpha value is -2.22. The number of aryl methyl sites for hydroxylation is 1. The first-order valence-electron chi connectivity index (χ1n) is 10.1. The van der Waals surface area contributed by atoms with Crippen LogP contribution >= 0.6 is 0 Å². The van der Waals surface area contributed by atoms with Crippen LogP contribution in [0, 0.1) is 0 Å². The van der Waals surface area contributed by atoms with Gasteiger partial charge >= 0.3 is 0 Å². The van der Waals surface area contributed by atoms with E-state index >= 15 is 0 Å². The van der Waals surface area contributed by atoms with Crippen molar-refractivity contribution in [3.63, 3.8) is 0 Å². The Labute approximate surface area is 173 Å². The Morgan fingerprint density at radius 3 is 2.17 bits per heavy atom. The highest BCUT2D eigenvalue weighted by atomic mass is 32.2. The van der Waals surface area contributed by atoms with Crippen molar-refractivity contribution in [2.45, 2.75) is 24.2 Å². The third-order valence-electron chi connectivity index (χ3n) is 5.17. The summed E-state index contributed by atoms with van der Waals surface area (Å²) in [6.45, 7) is 3.63. The number of benzene rings is 2. The fourth-order valence-electron chi connectivity index (χ4n) is 3.47. The summed E-state index contributed by atoms with van der Waals surface area (Å²) in [4.78, 5) is 14.5. The van der Waals surface area contributed by atoms with Gasteiger partial charge in [-0.2, -0.15) is 4.31 Å². The van der Waals surface area contributed by atoms with Gasteiger partial charge in [-0.05, 0) is 30.5 Å².